The maximum atomic E-state index is 14.1. The lowest BCUT2D eigenvalue weighted by atomic mass is 9.87. The Hall–Kier alpha value is -3.19. The molecule has 2 aliphatic heterocycles. The van der Waals surface area contributed by atoms with Gasteiger partial charge in [0.1, 0.15) is 6.23 Å². The maximum absolute atomic E-state index is 14.1. The highest BCUT2D eigenvalue weighted by Crippen LogP contribution is 2.35. The van der Waals surface area contributed by atoms with E-state index < -0.39 is 0 Å². The molecule has 3 heterocycles. The zero-order valence-corrected chi connectivity index (χ0v) is 31.3. The number of rotatable bonds is 12. The number of carbonyl (C=O) groups excluding carboxylic acids is 3. The predicted octanol–water partition coefficient (Wildman–Crippen LogP) is 6.08. The molecule has 6 rings (SSSR count). The van der Waals surface area contributed by atoms with E-state index in [1.54, 1.807) is 32.5 Å². The van der Waals surface area contributed by atoms with Gasteiger partial charge in [0.2, 0.25) is 5.91 Å². The van der Waals surface area contributed by atoms with Crippen molar-refractivity contribution in [3.63, 3.8) is 0 Å². The van der Waals surface area contributed by atoms with E-state index in [9.17, 15) is 14.4 Å². The predicted molar refractivity (Wildman–Crippen MR) is 196 cm³/mol. The van der Waals surface area contributed by atoms with Crippen LogP contribution in [0, 0.1) is 5.92 Å². The van der Waals surface area contributed by atoms with E-state index in [1.807, 2.05) is 47.7 Å². The number of amides is 2. The van der Waals surface area contributed by atoms with Gasteiger partial charge >= 0.3 is 5.97 Å². The second-order valence-corrected chi connectivity index (χ2v) is 14.6. The van der Waals surface area contributed by atoms with Crippen LogP contribution in [0.3, 0.4) is 0 Å². The molecule has 0 radical (unpaired) electrons. The summed E-state index contributed by atoms with van der Waals surface area (Å²) in [4.78, 5) is 43.9. The maximum Gasteiger partial charge on any atom is 0.308 e. The van der Waals surface area contributed by atoms with Gasteiger partial charge in [-0.3, -0.25) is 19.3 Å². The van der Waals surface area contributed by atoms with Crippen molar-refractivity contribution in [2.24, 2.45) is 13.0 Å². The largest absolute Gasteiger partial charge is 0.466 e. The van der Waals surface area contributed by atoms with Crippen molar-refractivity contribution < 1.29 is 33.3 Å². The van der Waals surface area contributed by atoms with Gasteiger partial charge in [0.05, 0.1) is 59.6 Å². The smallest absolute Gasteiger partial charge is 0.308 e. The third-order valence-corrected chi connectivity index (χ3v) is 11.3. The number of aryl methyl sites for hydroxylation is 1. The van der Waals surface area contributed by atoms with Crippen LogP contribution in [-0.4, -0.2) is 103 Å². The van der Waals surface area contributed by atoms with Gasteiger partial charge in [-0.25, -0.2) is 0 Å². The molecule has 0 spiro atoms. The number of likely N-dealkylation sites (tertiary alicyclic amines) is 2. The number of benzene rings is 2. The van der Waals surface area contributed by atoms with Gasteiger partial charge in [-0.1, -0.05) is 41.4 Å². The number of para-hydroxylation sites is 1. The Morgan fingerprint density at radius 3 is 2.35 bits per heavy atom. The Labute approximate surface area is 309 Å². The first-order chi connectivity index (χ1) is 24.6. The van der Waals surface area contributed by atoms with Gasteiger partial charge in [0.25, 0.3) is 5.91 Å². The number of fused-ring (bicyclic) bond motifs is 1. The fourth-order valence-corrected chi connectivity index (χ4v) is 8.40. The van der Waals surface area contributed by atoms with E-state index in [0.717, 1.165) is 36.6 Å². The number of anilines is 1. The number of carbonyl (C=O) groups is 3. The summed E-state index contributed by atoms with van der Waals surface area (Å²) in [5, 5.41) is 4.37. The molecule has 1 aromatic heterocycles. The van der Waals surface area contributed by atoms with Crippen molar-refractivity contribution in [3.05, 3.63) is 63.8 Å². The van der Waals surface area contributed by atoms with Crippen LogP contribution in [-0.2, 0) is 42.0 Å². The van der Waals surface area contributed by atoms with Gasteiger partial charge < -0.3 is 33.7 Å². The van der Waals surface area contributed by atoms with E-state index >= 15 is 0 Å². The summed E-state index contributed by atoms with van der Waals surface area (Å²) in [6.07, 6.45) is 5.71. The first-order valence-electron chi connectivity index (χ1n) is 17.9. The van der Waals surface area contributed by atoms with Crippen molar-refractivity contribution in [1.82, 2.24) is 14.4 Å². The SMILES string of the molecule is CCOC(=O)C1CCC(OC([C@@H]2CCCN2C(=O)Cc2cc(Cl)c(NC(=O)c3cn(C)c4ccccc34)cc2Cl)N2C[C@H](OC)[C@H](OC)C2)CC1. The molecule has 3 fully saturated rings. The monoisotopic (exact) mass is 742 g/mol. The Morgan fingerprint density at radius 2 is 1.67 bits per heavy atom. The number of hydrogen-bond acceptors (Lipinski definition) is 8. The van der Waals surface area contributed by atoms with Crippen LogP contribution >= 0.6 is 23.2 Å². The lowest BCUT2D eigenvalue weighted by Gasteiger charge is -2.40. The Kier molecular flexibility index (Phi) is 12.3. The minimum atomic E-state index is -0.371. The van der Waals surface area contributed by atoms with E-state index in [-0.39, 0.29) is 60.7 Å². The van der Waals surface area contributed by atoms with Crippen molar-refractivity contribution in [2.75, 3.05) is 45.8 Å². The van der Waals surface area contributed by atoms with Crippen LogP contribution in [0.25, 0.3) is 10.9 Å². The summed E-state index contributed by atoms with van der Waals surface area (Å²) in [6.45, 7) is 4.03. The standard InChI is InChI=1S/C38H48Cl2N4O7/c1-5-50-38(47)23-12-14-25(15-13-23)51-37(43-21-33(48-3)34(22-43)49-4)32-11-8-16-44(32)35(45)18-24-17-29(40)30(19-28(24)39)41-36(46)27-20-42(2)31-10-7-6-9-26(27)31/h6-7,9-10,17,19-20,23,25,32-34,37H,5,8,11-16,18,21-22H2,1-4H3,(H,41,46)/t23?,25?,32-,33-,34+,37?/m0/s1. The molecule has 0 bridgehead atoms. The molecule has 1 saturated carbocycles. The van der Waals surface area contributed by atoms with Gasteiger partial charge in [-0.15, -0.1) is 0 Å². The first-order valence-corrected chi connectivity index (χ1v) is 18.6. The van der Waals surface area contributed by atoms with Crippen LogP contribution in [0.5, 0.6) is 0 Å². The normalized spacial score (nSPS) is 24.6. The van der Waals surface area contributed by atoms with E-state index in [4.69, 9.17) is 42.1 Å². The molecule has 2 aromatic carbocycles. The third kappa shape index (κ3) is 8.24. The zero-order chi connectivity index (χ0) is 36.2. The van der Waals surface area contributed by atoms with Crippen LogP contribution in [0.2, 0.25) is 10.0 Å². The molecule has 276 valence electrons. The van der Waals surface area contributed by atoms with Gasteiger partial charge in [-0.05, 0) is 69.2 Å². The first kappa shape index (κ1) is 37.6. The van der Waals surface area contributed by atoms with E-state index in [2.05, 4.69) is 10.2 Å². The molecule has 2 saturated heterocycles. The molecule has 11 nitrogen and oxygen atoms in total. The average Bonchev–Trinajstić information content (AvgIpc) is 3.87. The van der Waals surface area contributed by atoms with E-state index in [0.29, 0.717) is 65.9 Å². The molecule has 1 aliphatic carbocycles. The Morgan fingerprint density at radius 1 is 0.961 bits per heavy atom. The summed E-state index contributed by atoms with van der Waals surface area (Å²) in [5.41, 5.74) is 2.41. The zero-order valence-electron chi connectivity index (χ0n) is 29.7. The van der Waals surface area contributed by atoms with Crippen molar-refractivity contribution >= 4 is 57.6 Å². The molecule has 1 unspecified atom stereocenters. The summed E-state index contributed by atoms with van der Waals surface area (Å²) in [6, 6.07) is 10.8. The lowest BCUT2D eigenvalue weighted by molar-refractivity contribution is -0.160. The minimum Gasteiger partial charge on any atom is -0.466 e. The molecule has 4 atom stereocenters. The Balaban J connectivity index is 1.16. The summed E-state index contributed by atoms with van der Waals surface area (Å²) in [7, 11) is 5.27. The molecular formula is C38H48Cl2N4O7. The topological polar surface area (TPSA) is 112 Å². The number of methoxy groups -OCH3 is 2. The highest BCUT2D eigenvalue weighted by Gasteiger charge is 2.45. The third-order valence-electron chi connectivity index (χ3n) is 10.7. The Bertz CT molecular complexity index is 1710. The molecule has 2 amide bonds. The highest BCUT2D eigenvalue weighted by molar-refractivity contribution is 6.36. The fourth-order valence-electron chi connectivity index (χ4n) is 7.94. The van der Waals surface area contributed by atoms with Crippen LogP contribution < -0.4 is 5.32 Å². The van der Waals surface area contributed by atoms with Crippen LogP contribution in [0.1, 0.15) is 61.4 Å². The van der Waals surface area contributed by atoms with Gasteiger partial charge in [0.15, 0.2) is 0 Å². The van der Waals surface area contributed by atoms with Gasteiger partial charge in [0, 0.05) is 63.0 Å². The lowest BCUT2D eigenvalue weighted by Crippen LogP contribution is -2.53. The summed E-state index contributed by atoms with van der Waals surface area (Å²) < 4.78 is 25.6. The second-order valence-electron chi connectivity index (χ2n) is 13.8. The molecule has 3 aromatic rings. The number of halogens is 2. The number of hydrogen-bond donors (Lipinski definition) is 1. The number of nitrogens with one attached hydrogen (secondary N) is 1. The highest BCUT2D eigenvalue weighted by atomic mass is 35.5. The molecule has 1 N–H and O–H groups in total. The van der Waals surface area contributed by atoms with Crippen molar-refractivity contribution in [3.8, 4) is 0 Å². The second kappa shape index (κ2) is 16.7. The van der Waals surface area contributed by atoms with Gasteiger partial charge in [-0.2, -0.15) is 0 Å². The van der Waals surface area contributed by atoms with Crippen molar-refractivity contribution in [2.45, 2.75) is 82.5 Å². The van der Waals surface area contributed by atoms with E-state index in [1.165, 1.54) is 0 Å². The van der Waals surface area contributed by atoms with Crippen LogP contribution in [0.15, 0.2) is 42.6 Å². The number of ether oxygens (including phenoxy) is 4. The van der Waals surface area contributed by atoms with Crippen molar-refractivity contribution in [1.29, 1.82) is 0 Å². The average molecular weight is 744 g/mol. The molecule has 13 heteroatoms. The minimum absolute atomic E-state index is 0.0470. The number of aromatic nitrogens is 1. The number of nitrogens with zero attached hydrogens (tertiary/aromatic N) is 3. The summed E-state index contributed by atoms with van der Waals surface area (Å²) in [5.74, 6) is -0.620. The number of esters is 1. The summed E-state index contributed by atoms with van der Waals surface area (Å²) >= 11 is 13.4. The molecular weight excluding hydrogens is 695 g/mol. The molecule has 3 aliphatic rings. The quantitative estimate of drug-likeness (QED) is 0.223. The fraction of sp³-hybridized carbons (Fsp3) is 0.553. The molecule has 51 heavy (non-hydrogen) atoms. The van der Waals surface area contributed by atoms with Crippen LogP contribution in [0.4, 0.5) is 5.69 Å².